The van der Waals surface area contributed by atoms with Gasteiger partial charge in [0.1, 0.15) is 0 Å². The number of hydrogen-bond acceptors (Lipinski definition) is 2. The molecular formula is C17H17NO2. The maximum atomic E-state index is 11.3. The van der Waals surface area contributed by atoms with Gasteiger partial charge < -0.3 is 10.4 Å². The first-order chi connectivity index (χ1) is 9.75. The molecule has 2 N–H and O–H groups in total. The largest absolute Gasteiger partial charge is 0.478 e. The fraction of sp³-hybridized carbons (Fsp3) is 0.235. The third kappa shape index (κ3) is 2.45. The monoisotopic (exact) mass is 267 g/mol. The van der Waals surface area contributed by atoms with Crippen LogP contribution in [0.2, 0.25) is 0 Å². The maximum absolute atomic E-state index is 11.3. The van der Waals surface area contributed by atoms with E-state index in [0.717, 1.165) is 17.7 Å². The predicted octanol–water partition coefficient (Wildman–Crippen LogP) is 3.48. The zero-order valence-electron chi connectivity index (χ0n) is 11.2. The molecule has 0 saturated carbocycles. The van der Waals surface area contributed by atoms with E-state index >= 15 is 0 Å². The van der Waals surface area contributed by atoms with Crippen molar-refractivity contribution < 1.29 is 9.90 Å². The molecule has 1 heterocycles. The lowest BCUT2D eigenvalue weighted by molar-refractivity contribution is 0.0697. The van der Waals surface area contributed by atoms with Gasteiger partial charge in [0.05, 0.1) is 5.56 Å². The highest BCUT2D eigenvalue weighted by Crippen LogP contribution is 2.28. The molecule has 102 valence electrons. The molecule has 3 rings (SSSR count). The summed E-state index contributed by atoms with van der Waals surface area (Å²) >= 11 is 0. The number of carboxylic acid groups (broad SMARTS) is 1. The summed E-state index contributed by atoms with van der Waals surface area (Å²) in [4.78, 5) is 11.3. The highest BCUT2D eigenvalue weighted by molar-refractivity contribution is 5.95. The van der Waals surface area contributed by atoms with Crippen molar-refractivity contribution in [3.05, 3.63) is 59.7 Å². The van der Waals surface area contributed by atoms with E-state index in [-0.39, 0.29) is 0 Å². The lowest BCUT2D eigenvalue weighted by Gasteiger charge is -2.12. The predicted molar refractivity (Wildman–Crippen MR) is 78.8 cm³/mol. The molecule has 1 aliphatic rings. The summed E-state index contributed by atoms with van der Waals surface area (Å²) in [6.07, 6.45) is 2.39. The van der Waals surface area contributed by atoms with Crippen LogP contribution in [0.15, 0.2) is 48.5 Å². The van der Waals surface area contributed by atoms with Gasteiger partial charge in [0.15, 0.2) is 0 Å². The van der Waals surface area contributed by atoms with E-state index in [1.54, 1.807) is 12.1 Å². The summed E-state index contributed by atoms with van der Waals surface area (Å²) in [5, 5.41) is 12.7. The van der Waals surface area contributed by atoms with Crippen LogP contribution in [0.4, 0.5) is 0 Å². The second kappa shape index (κ2) is 5.47. The Balaban J connectivity index is 1.93. The first-order valence-corrected chi connectivity index (χ1v) is 6.92. The molecule has 0 amide bonds. The van der Waals surface area contributed by atoms with Crippen molar-refractivity contribution in [1.29, 1.82) is 0 Å². The highest BCUT2D eigenvalue weighted by Gasteiger charge is 2.16. The number of hydrogen-bond donors (Lipinski definition) is 2. The highest BCUT2D eigenvalue weighted by atomic mass is 16.4. The first kappa shape index (κ1) is 12.9. The van der Waals surface area contributed by atoms with Gasteiger partial charge in [-0.25, -0.2) is 4.79 Å². The van der Waals surface area contributed by atoms with Crippen molar-refractivity contribution in [3.63, 3.8) is 0 Å². The molecule has 1 unspecified atom stereocenters. The van der Waals surface area contributed by atoms with Crippen LogP contribution in [0.1, 0.15) is 34.8 Å². The number of aromatic carboxylic acids is 1. The third-order valence-corrected chi connectivity index (χ3v) is 3.84. The van der Waals surface area contributed by atoms with Crippen LogP contribution in [-0.4, -0.2) is 17.6 Å². The van der Waals surface area contributed by atoms with Crippen molar-refractivity contribution in [2.45, 2.75) is 18.9 Å². The van der Waals surface area contributed by atoms with Crippen molar-refractivity contribution in [2.24, 2.45) is 0 Å². The van der Waals surface area contributed by atoms with Crippen LogP contribution in [0.3, 0.4) is 0 Å². The van der Waals surface area contributed by atoms with Crippen molar-refractivity contribution in [1.82, 2.24) is 5.32 Å². The minimum atomic E-state index is -0.887. The SMILES string of the molecule is O=C(O)c1ccccc1-c1ccc(C2CCCN2)cc1. The molecule has 1 aliphatic heterocycles. The van der Waals surface area contributed by atoms with Gasteiger partial charge in [0, 0.05) is 6.04 Å². The molecular weight excluding hydrogens is 250 g/mol. The average Bonchev–Trinajstić information content (AvgIpc) is 3.02. The van der Waals surface area contributed by atoms with E-state index in [4.69, 9.17) is 0 Å². The van der Waals surface area contributed by atoms with E-state index in [1.165, 1.54) is 18.4 Å². The molecule has 0 radical (unpaired) electrons. The van der Waals surface area contributed by atoms with Gasteiger partial charge in [-0.15, -0.1) is 0 Å². The Kier molecular flexibility index (Phi) is 3.52. The van der Waals surface area contributed by atoms with Gasteiger partial charge in [-0.3, -0.25) is 0 Å². The fourth-order valence-corrected chi connectivity index (χ4v) is 2.79. The average molecular weight is 267 g/mol. The molecule has 0 spiro atoms. The van der Waals surface area contributed by atoms with Crippen LogP contribution in [0.25, 0.3) is 11.1 Å². The Morgan fingerprint density at radius 2 is 1.85 bits per heavy atom. The van der Waals surface area contributed by atoms with Crippen LogP contribution in [-0.2, 0) is 0 Å². The summed E-state index contributed by atoms with van der Waals surface area (Å²) < 4.78 is 0. The second-order valence-corrected chi connectivity index (χ2v) is 5.12. The molecule has 1 atom stereocenters. The number of carboxylic acids is 1. The normalized spacial score (nSPS) is 18.1. The standard InChI is InChI=1S/C17H17NO2/c19-17(20)15-5-2-1-4-14(15)12-7-9-13(10-8-12)16-6-3-11-18-16/h1-2,4-5,7-10,16,18H,3,6,11H2,(H,19,20). The minimum absolute atomic E-state index is 0.347. The Hall–Kier alpha value is -2.13. The molecule has 2 aromatic rings. The number of carbonyl (C=O) groups is 1. The molecule has 0 bridgehead atoms. The minimum Gasteiger partial charge on any atom is -0.478 e. The number of rotatable bonds is 3. The molecule has 3 nitrogen and oxygen atoms in total. The van der Waals surface area contributed by atoms with E-state index < -0.39 is 5.97 Å². The topological polar surface area (TPSA) is 49.3 Å². The van der Waals surface area contributed by atoms with Crippen LogP contribution >= 0.6 is 0 Å². The summed E-state index contributed by atoms with van der Waals surface area (Å²) in [7, 11) is 0. The van der Waals surface area contributed by atoms with E-state index in [0.29, 0.717) is 11.6 Å². The lowest BCUT2D eigenvalue weighted by atomic mass is 9.97. The zero-order chi connectivity index (χ0) is 13.9. The summed E-state index contributed by atoms with van der Waals surface area (Å²) in [5.41, 5.74) is 3.34. The molecule has 20 heavy (non-hydrogen) atoms. The van der Waals surface area contributed by atoms with Crippen molar-refractivity contribution >= 4 is 5.97 Å². The van der Waals surface area contributed by atoms with E-state index in [1.807, 2.05) is 24.3 Å². The fourth-order valence-electron chi connectivity index (χ4n) is 2.79. The summed E-state index contributed by atoms with van der Waals surface area (Å²) in [6, 6.07) is 15.8. The van der Waals surface area contributed by atoms with Gasteiger partial charge >= 0.3 is 5.97 Å². The summed E-state index contributed by atoms with van der Waals surface area (Å²) in [5.74, 6) is -0.887. The first-order valence-electron chi connectivity index (χ1n) is 6.92. The Labute approximate surface area is 118 Å². The Morgan fingerprint density at radius 3 is 2.50 bits per heavy atom. The molecule has 2 aromatic carbocycles. The third-order valence-electron chi connectivity index (χ3n) is 3.84. The molecule has 1 saturated heterocycles. The molecule has 0 aliphatic carbocycles. The van der Waals surface area contributed by atoms with Gasteiger partial charge in [0.25, 0.3) is 0 Å². The second-order valence-electron chi connectivity index (χ2n) is 5.12. The van der Waals surface area contributed by atoms with Gasteiger partial charge in [0.2, 0.25) is 0 Å². The quantitative estimate of drug-likeness (QED) is 0.895. The zero-order valence-corrected chi connectivity index (χ0v) is 11.2. The molecule has 3 heteroatoms. The lowest BCUT2D eigenvalue weighted by Crippen LogP contribution is -2.12. The van der Waals surface area contributed by atoms with Crippen LogP contribution in [0, 0.1) is 0 Å². The van der Waals surface area contributed by atoms with E-state index in [2.05, 4.69) is 17.4 Å². The molecule has 1 fully saturated rings. The smallest absolute Gasteiger partial charge is 0.336 e. The van der Waals surface area contributed by atoms with Gasteiger partial charge in [-0.2, -0.15) is 0 Å². The van der Waals surface area contributed by atoms with Crippen molar-refractivity contribution in [3.8, 4) is 11.1 Å². The Morgan fingerprint density at radius 1 is 1.10 bits per heavy atom. The number of nitrogens with one attached hydrogen (secondary N) is 1. The number of benzene rings is 2. The van der Waals surface area contributed by atoms with Crippen LogP contribution in [0.5, 0.6) is 0 Å². The van der Waals surface area contributed by atoms with Crippen molar-refractivity contribution in [2.75, 3.05) is 6.54 Å². The van der Waals surface area contributed by atoms with Gasteiger partial charge in [-0.05, 0) is 42.1 Å². The van der Waals surface area contributed by atoms with Crippen LogP contribution < -0.4 is 5.32 Å². The summed E-state index contributed by atoms with van der Waals surface area (Å²) in [6.45, 7) is 1.08. The van der Waals surface area contributed by atoms with Gasteiger partial charge in [-0.1, -0.05) is 42.5 Å². The molecule has 0 aromatic heterocycles. The maximum Gasteiger partial charge on any atom is 0.336 e. The van der Waals surface area contributed by atoms with E-state index in [9.17, 15) is 9.90 Å². The Bertz CT molecular complexity index is 613.